The molecule has 0 heterocycles. The van der Waals surface area contributed by atoms with Gasteiger partial charge in [-0.1, -0.05) is 39.8 Å². The zero-order valence-corrected chi connectivity index (χ0v) is 17.6. The van der Waals surface area contributed by atoms with E-state index in [1.54, 1.807) is 0 Å². The van der Waals surface area contributed by atoms with Gasteiger partial charge in [0.2, 0.25) is 0 Å². The summed E-state index contributed by atoms with van der Waals surface area (Å²) in [5.74, 6) is 0. The predicted molar refractivity (Wildman–Crippen MR) is 111 cm³/mol. The van der Waals surface area contributed by atoms with Crippen LogP contribution in [0.4, 0.5) is 11.4 Å². The maximum Gasteiger partial charge on any atom is 0.0638 e. The minimum Gasteiger partial charge on any atom is -0.255 e. The maximum atomic E-state index is 4.74. The van der Waals surface area contributed by atoms with E-state index in [2.05, 4.69) is 69.1 Å². The van der Waals surface area contributed by atoms with E-state index in [1.807, 2.05) is 13.1 Å². The third-order valence-corrected chi connectivity index (χ3v) is 4.41. The summed E-state index contributed by atoms with van der Waals surface area (Å²) in [5.41, 5.74) is 8.32. The fraction of sp³-hybridized carbons (Fsp3) is 0.391. The molecule has 0 N–H and O–H groups in total. The van der Waals surface area contributed by atoms with Crippen LogP contribution in [0.1, 0.15) is 56.9 Å². The molecule has 0 amide bonds. The summed E-state index contributed by atoms with van der Waals surface area (Å²) in [7, 11) is 0. The Morgan fingerprint density at radius 3 is 1.46 bits per heavy atom. The molecule has 26 heavy (non-hydrogen) atoms. The second kappa shape index (κ2) is 11.1. The Morgan fingerprint density at radius 2 is 1.08 bits per heavy atom. The van der Waals surface area contributed by atoms with E-state index in [9.17, 15) is 0 Å². The normalized spacial score (nSPS) is 11.7. The van der Waals surface area contributed by atoms with Gasteiger partial charge in [0.05, 0.1) is 17.1 Å². The van der Waals surface area contributed by atoms with E-state index in [4.69, 9.17) is 4.99 Å². The van der Waals surface area contributed by atoms with Gasteiger partial charge in [-0.25, -0.2) is 0 Å². The minimum atomic E-state index is 0. The third-order valence-electron chi connectivity index (χ3n) is 4.41. The first-order valence-electron chi connectivity index (χ1n) is 9.42. The molecule has 0 aliphatic rings. The third kappa shape index (κ3) is 6.54. The standard InChI is InChI=1S/C23H30N2.Ni/c1-6-18-10-19(7-2)13-22(12-18)24-16-17(5)25-23-14-20(8-3)11-21(9-4)15-23;/h10-16H,6-9H2,1-5H3;/b24-16+,25-17+;. The van der Waals surface area contributed by atoms with Crippen molar-refractivity contribution in [2.45, 2.75) is 60.3 Å². The molecule has 0 saturated heterocycles. The van der Waals surface area contributed by atoms with Gasteiger partial charge in [0, 0.05) is 22.7 Å². The molecule has 0 unspecified atom stereocenters. The van der Waals surface area contributed by atoms with Crippen molar-refractivity contribution in [3.63, 3.8) is 0 Å². The molecule has 0 bridgehead atoms. The first-order valence-corrected chi connectivity index (χ1v) is 9.42. The number of benzene rings is 2. The van der Waals surface area contributed by atoms with E-state index in [-0.39, 0.29) is 16.5 Å². The molecule has 0 aliphatic heterocycles. The molecule has 0 atom stereocenters. The van der Waals surface area contributed by atoms with Crippen LogP contribution < -0.4 is 0 Å². The van der Waals surface area contributed by atoms with Crippen LogP contribution in [0.2, 0.25) is 0 Å². The summed E-state index contributed by atoms with van der Waals surface area (Å²) in [6.07, 6.45) is 6.01. The summed E-state index contributed by atoms with van der Waals surface area (Å²) < 4.78 is 0. The Morgan fingerprint density at radius 1 is 0.692 bits per heavy atom. The Bertz CT molecular complexity index is 731. The first-order chi connectivity index (χ1) is 12.1. The number of rotatable bonds is 7. The van der Waals surface area contributed by atoms with Crippen molar-refractivity contribution in [1.82, 2.24) is 0 Å². The van der Waals surface area contributed by atoms with Crippen LogP contribution in [0.5, 0.6) is 0 Å². The zero-order valence-electron chi connectivity index (χ0n) is 16.6. The van der Waals surface area contributed by atoms with Crippen molar-refractivity contribution in [3.05, 3.63) is 58.7 Å². The van der Waals surface area contributed by atoms with Crippen molar-refractivity contribution in [3.8, 4) is 0 Å². The van der Waals surface area contributed by atoms with Crippen LogP contribution in [0, 0.1) is 0 Å². The Kier molecular flexibility index (Phi) is 9.51. The minimum absolute atomic E-state index is 0. The van der Waals surface area contributed by atoms with Crippen LogP contribution in [0.3, 0.4) is 0 Å². The van der Waals surface area contributed by atoms with Crippen molar-refractivity contribution < 1.29 is 16.5 Å². The monoisotopic (exact) mass is 392 g/mol. The molecule has 0 fully saturated rings. The molecule has 2 rings (SSSR count). The molecular formula is C23H30N2Ni. The Balaban J connectivity index is 0.00000338. The van der Waals surface area contributed by atoms with Crippen molar-refractivity contribution in [2.24, 2.45) is 9.98 Å². The molecule has 0 aromatic heterocycles. The molecular weight excluding hydrogens is 363 g/mol. The fourth-order valence-corrected chi connectivity index (χ4v) is 2.84. The van der Waals surface area contributed by atoms with E-state index in [0.29, 0.717) is 0 Å². The molecule has 3 heteroatoms. The maximum absolute atomic E-state index is 4.74. The predicted octanol–water partition coefficient (Wildman–Crippen LogP) is 6.43. The van der Waals surface area contributed by atoms with Gasteiger partial charge in [0.15, 0.2) is 0 Å². The quantitative estimate of drug-likeness (QED) is 0.383. The van der Waals surface area contributed by atoms with Crippen LogP contribution in [0.15, 0.2) is 46.4 Å². The molecule has 0 spiro atoms. The van der Waals surface area contributed by atoms with Crippen LogP contribution in [0.25, 0.3) is 0 Å². The fourth-order valence-electron chi connectivity index (χ4n) is 2.84. The van der Waals surface area contributed by atoms with Crippen molar-refractivity contribution >= 4 is 23.3 Å². The number of hydrogen-bond acceptors (Lipinski definition) is 2. The number of aliphatic imine (C=N–C) groups is 2. The van der Waals surface area contributed by atoms with E-state index in [0.717, 1.165) is 42.8 Å². The summed E-state index contributed by atoms with van der Waals surface area (Å²) >= 11 is 0. The number of nitrogens with zero attached hydrogens (tertiary/aromatic N) is 2. The molecule has 0 aliphatic carbocycles. The SMILES string of the molecule is CCc1cc(CC)cc(/N=C/C(C)=N/c2cc(CC)cc(CC)c2)c1.[Ni]. The second-order valence-corrected chi connectivity index (χ2v) is 6.44. The van der Waals surface area contributed by atoms with Gasteiger partial charge < -0.3 is 0 Å². The summed E-state index contributed by atoms with van der Waals surface area (Å²) in [4.78, 5) is 9.39. The van der Waals surface area contributed by atoms with Crippen molar-refractivity contribution in [2.75, 3.05) is 0 Å². The van der Waals surface area contributed by atoms with Gasteiger partial charge in [-0.05, 0) is 79.1 Å². The summed E-state index contributed by atoms with van der Waals surface area (Å²) in [6.45, 7) is 10.7. The Labute approximate surface area is 168 Å². The molecule has 0 saturated carbocycles. The van der Waals surface area contributed by atoms with Crippen LogP contribution >= 0.6 is 0 Å². The topological polar surface area (TPSA) is 24.7 Å². The largest absolute Gasteiger partial charge is 0.255 e. The van der Waals surface area contributed by atoms with E-state index in [1.165, 1.54) is 22.3 Å². The first kappa shape index (κ1) is 22.3. The van der Waals surface area contributed by atoms with E-state index < -0.39 is 0 Å². The van der Waals surface area contributed by atoms with Gasteiger partial charge >= 0.3 is 0 Å². The average Bonchev–Trinajstić information content (AvgIpc) is 2.65. The molecule has 2 nitrogen and oxygen atoms in total. The Hall–Kier alpha value is -1.73. The summed E-state index contributed by atoms with van der Waals surface area (Å²) in [6, 6.07) is 13.2. The van der Waals surface area contributed by atoms with Crippen LogP contribution in [-0.4, -0.2) is 11.9 Å². The smallest absolute Gasteiger partial charge is 0.0638 e. The van der Waals surface area contributed by atoms with Gasteiger partial charge in [0.25, 0.3) is 0 Å². The zero-order chi connectivity index (χ0) is 18.2. The number of hydrogen-bond donors (Lipinski definition) is 0. The molecule has 2 aromatic carbocycles. The van der Waals surface area contributed by atoms with Gasteiger partial charge in [-0.15, -0.1) is 0 Å². The van der Waals surface area contributed by atoms with Crippen molar-refractivity contribution in [1.29, 1.82) is 0 Å². The summed E-state index contributed by atoms with van der Waals surface area (Å²) in [5, 5.41) is 0. The second-order valence-electron chi connectivity index (χ2n) is 6.44. The van der Waals surface area contributed by atoms with Gasteiger partial charge in [0.1, 0.15) is 0 Å². The van der Waals surface area contributed by atoms with Gasteiger partial charge in [-0.2, -0.15) is 0 Å². The van der Waals surface area contributed by atoms with Gasteiger partial charge in [-0.3, -0.25) is 9.98 Å². The average molecular weight is 393 g/mol. The molecule has 142 valence electrons. The molecule has 2 aromatic rings. The number of aryl methyl sites for hydroxylation is 4. The van der Waals surface area contributed by atoms with Crippen LogP contribution in [-0.2, 0) is 42.2 Å². The van der Waals surface area contributed by atoms with E-state index >= 15 is 0 Å². The molecule has 0 radical (unpaired) electrons.